The quantitative estimate of drug-likeness (QED) is 0.781. The Morgan fingerprint density at radius 1 is 1.12 bits per heavy atom. The van der Waals surface area contributed by atoms with Gasteiger partial charge in [0.25, 0.3) is 0 Å². The molecule has 0 saturated carbocycles. The molecule has 126 valence electrons. The Morgan fingerprint density at radius 2 is 1.83 bits per heavy atom. The highest BCUT2D eigenvalue weighted by molar-refractivity contribution is 6.31. The van der Waals surface area contributed by atoms with Crippen LogP contribution in [0.15, 0.2) is 53.9 Å². The van der Waals surface area contributed by atoms with Crippen LogP contribution in [0.4, 0.5) is 5.69 Å². The van der Waals surface area contributed by atoms with E-state index in [0.717, 1.165) is 12.0 Å². The van der Waals surface area contributed by atoms with Crippen LogP contribution in [-0.4, -0.2) is 26.2 Å². The maximum absolute atomic E-state index is 12.4. The van der Waals surface area contributed by atoms with E-state index in [0.29, 0.717) is 10.7 Å². The molecule has 24 heavy (non-hydrogen) atoms. The summed E-state index contributed by atoms with van der Waals surface area (Å²) in [5.41, 5.74) is 1.85. The van der Waals surface area contributed by atoms with Crippen molar-refractivity contribution < 1.29 is 19.1 Å². The number of hydrogen-bond donors (Lipinski definition) is 0. The minimum atomic E-state index is -0.645. The van der Waals surface area contributed by atoms with E-state index in [2.05, 4.69) is 0 Å². The lowest BCUT2D eigenvalue weighted by Gasteiger charge is -2.25. The van der Waals surface area contributed by atoms with Crippen LogP contribution < -0.4 is 4.90 Å². The van der Waals surface area contributed by atoms with E-state index in [1.165, 1.54) is 20.3 Å². The highest BCUT2D eigenvalue weighted by Gasteiger charge is 2.28. The van der Waals surface area contributed by atoms with Gasteiger partial charge in [-0.15, -0.1) is 0 Å². The van der Waals surface area contributed by atoms with Gasteiger partial charge in [0.15, 0.2) is 0 Å². The first kappa shape index (κ1) is 17.8. The van der Waals surface area contributed by atoms with Gasteiger partial charge in [0.05, 0.1) is 25.5 Å². The van der Waals surface area contributed by atoms with Crippen molar-refractivity contribution in [2.24, 2.45) is 0 Å². The third kappa shape index (κ3) is 3.51. The molecule has 6 heteroatoms. The summed E-state index contributed by atoms with van der Waals surface area (Å²) in [6.07, 6.45) is 7.31. The molecule has 2 rings (SSSR count). The number of benzene rings is 1. The number of allylic oxidation sites excluding steroid dienone is 2. The SMILES string of the molecule is CCc1ccc(Cl)cc1N1C=CC=CC(C(=O)OC)=C1C(=O)OC. The summed E-state index contributed by atoms with van der Waals surface area (Å²) in [6, 6.07) is 5.41. The zero-order valence-corrected chi connectivity index (χ0v) is 14.5. The Bertz CT molecular complexity index is 749. The van der Waals surface area contributed by atoms with Gasteiger partial charge in [-0.2, -0.15) is 0 Å². The number of anilines is 1. The molecule has 0 aliphatic carbocycles. The zero-order valence-electron chi connectivity index (χ0n) is 13.7. The van der Waals surface area contributed by atoms with Gasteiger partial charge in [0.1, 0.15) is 5.70 Å². The van der Waals surface area contributed by atoms with E-state index in [-0.39, 0.29) is 11.3 Å². The summed E-state index contributed by atoms with van der Waals surface area (Å²) in [4.78, 5) is 26.1. The average molecular weight is 348 g/mol. The molecule has 0 unspecified atom stereocenters. The first-order valence-electron chi connectivity index (χ1n) is 7.36. The fourth-order valence-corrected chi connectivity index (χ4v) is 2.58. The van der Waals surface area contributed by atoms with Crippen LogP contribution in [0, 0.1) is 0 Å². The number of esters is 2. The van der Waals surface area contributed by atoms with E-state index in [4.69, 9.17) is 21.1 Å². The Hall–Kier alpha value is -2.53. The summed E-state index contributed by atoms with van der Waals surface area (Å²) >= 11 is 6.13. The second-order valence-electron chi connectivity index (χ2n) is 4.94. The van der Waals surface area contributed by atoms with Crippen LogP contribution >= 0.6 is 11.6 Å². The number of carbonyl (C=O) groups excluding carboxylic acids is 2. The molecular formula is C18H18ClNO4. The lowest BCUT2D eigenvalue weighted by Crippen LogP contribution is -2.27. The van der Waals surface area contributed by atoms with Crippen molar-refractivity contribution >= 4 is 29.2 Å². The highest BCUT2D eigenvalue weighted by atomic mass is 35.5. The van der Waals surface area contributed by atoms with E-state index in [9.17, 15) is 9.59 Å². The molecule has 5 nitrogen and oxygen atoms in total. The number of rotatable bonds is 4. The third-order valence-corrected chi connectivity index (χ3v) is 3.81. The van der Waals surface area contributed by atoms with E-state index < -0.39 is 11.9 Å². The molecule has 1 aromatic carbocycles. The van der Waals surface area contributed by atoms with Crippen molar-refractivity contribution in [3.8, 4) is 0 Å². The summed E-state index contributed by atoms with van der Waals surface area (Å²) in [5, 5.41) is 0.525. The Balaban J connectivity index is 2.72. The van der Waals surface area contributed by atoms with Crippen LogP contribution in [0.25, 0.3) is 0 Å². The number of aryl methyl sites for hydroxylation is 1. The Morgan fingerprint density at radius 3 is 2.46 bits per heavy atom. The molecular weight excluding hydrogens is 330 g/mol. The zero-order chi connectivity index (χ0) is 17.7. The van der Waals surface area contributed by atoms with Crippen molar-refractivity contribution in [3.05, 3.63) is 64.5 Å². The van der Waals surface area contributed by atoms with Crippen molar-refractivity contribution in [1.29, 1.82) is 0 Å². The molecule has 1 heterocycles. The number of nitrogens with zero attached hydrogens (tertiary/aromatic N) is 1. The van der Waals surface area contributed by atoms with Crippen molar-refractivity contribution in [2.45, 2.75) is 13.3 Å². The smallest absolute Gasteiger partial charge is 0.355 e. The molecule has 0 N–H and O–H groups in total. The first-order valence-corrected chi connectivity index (χ1v) is 7.74. The average Bonchev–Trinajstić information content (AvgIpc) is 2.83. The minimum Gasteiger partial charge on any atom is -0.465 e. The van der Waals surface area contributed by atoms with Gasteiger partial charge in [0.2, 0.25) is 0 Å². The van der Waals surface area contributed by atoms with Gasteiger partial charge in [-0.1, -0.05) is 30.7 Å². The standard InChI is InChI=1S/C18H18ClNO4/c1-4-12-8-9-13(19)11-15(12)20-10-6-5-7-14(17(21)23-2)16(20)18(22)24-3/h5-11H,4H2,1-3H3. The summed E-state index contributed by atoms with van der Waals surface area (Å²) in [5.74, 6) is -1.27. The van der Waals surface area contributed by atoms with Gasteiger partial charge in [0, 0.05) is 11.2 Å². The van der Waals surface area contributed by atoms with Crippen molar-refractivity contribution in [2.75, 3.05) is 19.1 Å². The fourth-order valence-electron chi connectivity index (χ4n) is 2.41. The normalized spacial score (nSPS) is 13.8. The number of carbonyl (C=O) groups is 2. The maximum Gasteiger partial charge on any atom is 0.355 e. The number of ether oxygens (including phenoxy) is 2. The Kier molecular flexibility index (Phi) is 5.82. The summed E-state index contributed by atoms with van der Waals surface area (Å²) in [7, 11) is 2.52. The third-order valence-electron chi connectivity index (χ3n) is 3.58. The molecule has 0 aromatic heterocycles. The van der Waals surface area contributed by atoms with E-state index in [1.807, 2.05) is 13.0 Å². The molecule has 0 saturated heterocycles. The predicted octanol–water partition coefficient (Wildman–Crippen LogP) is 3.39. The largest absolute Gasteiger partial charge is 0.465 e. The van der Waals surface area contributed by atoms with Gasteiger partial charge in [-0.05, 0) is 36.3 Å². The molecule has 1 aliphatic heterocycles. The molecule has 0 fully saturated rings. The predicted molar refractivity (Wildman–Crippen MR) is 92.6 cm³/mol. The van der Waals surface area contributed by atoms with Gasteiger partial charge in [-0.25, -0.2) is 9.59 Å². The minimum absolute atomic E-state index is 0.0753. The molecule has 1 aromatic rings. The molecule has 0 radical (unpaired) electrons. The lowest BCUT2D eigenvalue weighted by molar-refractivity contribution is -0.139. The molecule has 0 amide bonds. The number of methoxy groups -OCH3 is 2. The van der Waals surface area contributed by atoms with Crippen LogP contribution in [-0.2, 0) is 25.5 Å². The lowest BCUT2D eigenvalue weighted by atomic mass is 10.1. The van der Waals surface area contributed by atoms with Gasteiger partial charge < -0.3 is 14.4 Å². The topological polar surface area (TPSA) is 55.8 Å². The summed E-state index contributed by atoms with van der Waals surface area (Å²) in [6.45, 7) is 2.00. The second-order valence-corrected chi connectivity index (χ2v) is 5.38. The number of halogens is 1. The summed E-state index contributed by atoms with van der Waals surface area (Å²) < 4.78 is 9.68. The van der Waals surface area contributed by atoms with Crippen molar-refractivity contribution in [3.63, 3.8) is 0 Å². The van der Waals surface area contributed by atoms with E-state index >= 15 is 0 Å². The molecule has 1 aliphatic rings. The van der Waals surface area contributed by atoms with Crippen LogP contribution in [0.5, 0.6) is 0 Å². The van der Waals surface area contributed by atoms with Crippen LogP contribution in [0.2, 0.25) is 5.02 Å². The maximum atomic E-state index is 12.4. The molecule has 0 spiro atoms. The fraction of sp³-hybridized carbons (Fsp3) is 0.222. The Labute approximate surface area is 145 Å². The monoisotopic (exact) mass is 347 g/mol. The molecule has 0 bridgehead atoms. The second kappa shape index (κ2) is 7.84. The van der Waals surface area contributed by atoms with Gasteiger partial charge in [-0.3, -0.25) is 0 Å². The van der Waals surface area contributed by atoms with Gasteiger partial charge >= 0.3 is 11.9 Å². The molecule has 0 atom stereocenters. The van der Waals surface area contributed by atoms with Crippen LogP contribution in [0.3, 0.4) is 0 Å². The van der Waals surface area contributed by atoms with Crippen LogP contribution in [0.1, 0.15) is 12.5 Å². The number of hydrogen-bond acceptors (Lipinski definition) is 5. The van der Waals surface area contributed by atoms with E-state index in [1.54, 1.807) is 35.4 Å². The van der Waals surface area contributed by atoms with Crippen molar-refractivity contribution in [1.82, 2.24) is 0 Å². The highest BCUT2D eigenvalue weighted by Crippen LogP contribution is 2.31. The first-order chi connectivity index (χ1) is 11.5.